The Bertz CT molecular complexity index is 1100. The third kappa shape index (κ3) is 4.40. The minimum absolute atomic E-state index is 0.253. The molecule has 29 heavy (non-hydrogen) atoms. The van der Waals surface area contributed by atoms with E-state index in [0.717, 1.165) is 0 Å². The van der Waals surface area contributed by atoms with Gasteiger partial charge < -0.3 is 24.9 Å². The van der Waals surface area contributed by atoms with Gasteiger partial charge in [-0.3, -0.25) is 14.2 Å². The third-order valence-electron chi connectivity index (χ3n) is 4.51. The Hall–Kier alpha value is -3.75. The number of carbonyl (C=O) groups is 2. The number of aliphatic carboxylic acids is 1. The molecule has 1 unspecified atom stereocenters. The Kier molecular flexibility index (Phi) is 5.87. The van der Waals surface area contributed by atoms with Gasteiger partial charge in [-0.2, -0.15) is 0 Å². The molecule has 1 aromatic heterocycles. The molecular formula is C20H21N3O6. The van der Waals surface area contributed by atoms with Gasteiger partial charge in [-0.1, -0.05) is 12.1 Å². The molecule has 0 spiro atoms. The van der Waals surface area contributed by atoms with Crippen LogP contribution in [0.4, 0.5) is 0 Å². The summed E-state index contributed by atoms with van der Waals surface area (Å²) in [6.07, 6.45) is -0.350. The largest absolute Gasteiger partial charge is 0.497 e. The van der Waals surface area contributed by atoms with Crippen LogP contribution in [-0.2, 0) is 16.1 Å². The number of H-pyrrole nitrogens is 1. The Morgan fingerprint density at radius 3 is 2.62 bits per heavy atom. The van der Waals surface area contributed by atoms with E-state index in [4.69, 9.17) is 9.47 Å². The van der Waals surface area contributed by atoms with Gasteiger partial charge >= 0.3 is 11.7 Å². The van der Waals surface area contributed by atoms with Gasteiger partial charge in [-0.25, -0.2) is 4.79 Å². The van der Waals surface area contributed by atoms with Crippen molar-refractivity contribution >= 4 is 22.9 Å². The van der Waals surface area contributed by atoms with E-state index >= 15 is 0 Å². The molecule has 0 fully saturated rings. The summed E-state index contributed by atoms with van der Waals surface area (Å²) in [5.74, 6) is -0.657. The summed E-state index contributed by atoms with van der Waals surface area (Å²) in [5.41, 5.74) is 1.28. The molecule has 9 heteroatoms. The maximum absolute atomic E-state index is 12.7. The van der Waals surface area contributed by atoms with Gasteiger partial charge in [0.1, 0.15) is 18.0 Å². The summed E-state index contributed by atoms with van der Waals surface area (Å²) in [7, 11) is 2.95. The predicted octanol–water partition coefficient (Wildman–Crippen LogP) is 1.68. The number of carboxylic acid groups (broad SMARTS) is 1. The van der Waals surface area contributed by atoms with Crippen LogP contribution in [0.25, 0.3) is 11.0 Å². The lowest BCUT2D eigenvalue weighted by molar-refractivity contribution is -0.137. The van der Waals surface area contributed by atoms with Crippen LogP contribution in [0.2, 0.25) is 0 Å². The fourth-order valence-corrected chi connectivity index (χ4v) is 3.17. The molecule has 2 aromatic carbocycles. The van der Waals surface area contributed by atoms with E-state index in [9.17, 15) is 19.5 Å². The number of methoxy groups -OCH3 is 2. The molecule has 1 atom stereocenters. The number of ether oxygens (including phenoxy) is 2. The summed E-state index contributed by atoms with van der Waals surface area (Å²) >= 11 is 0. The second kappa shape index (κ2) is 8.51. The number of carboxylic acids is 1. The zero-order chi connectivity index (χ0) is 21.0. The molecule has 3 aromatic rings. The molecule has 3 N–H and O–H groups in total. The highest BCUT2D eigenvalue weighted by Crippen LogP contribution is 2.31. The van der Waals surface area contributed by atoms with Crippen LogP contribution < -0.4 is 20.5 Å². The number of hydrogen-bond acceptors (Lipinski definition) is 5. The summed E-state index contributed by atoms with van der Waals surface area (Å²) in [6.45, 7) is -0.253. The average Bonchev–Trinajstić information content (AvgIpc) is 3.01. The minimum atomic E-state index is -1.09. The zero-order valence-electron chi connectivity index (χ0n) is 16.0. The molecule has 0 bridgehead atoms. The molecule has 3 rings (SSSR count). The second-order valence-electron chi connectivity index (χ2n) is 6.36. The van der Waals surface area contributed by atoms with Gasteiger partial charge in [0, 0.05) is 11.6 Å². The van der Waals surface area contributed by atoms with Crippen molar-refractivity contribution in [3.8, 4) is 11.5 Å². The number of imidazole rings is 1. The molecule has 9 nitrogen and oxygen atoms in total. The zero-order valence-corrected chi connectivity index (χ0v) is 16.0. The Morgan fingerprint density at radius 1 is 1.17 bits per heavy atom. The standard InChI is InChI=1S/C20H21N3O6/c1-28-12-7-8-13(17(9-12)29-2)15(10-19(25)26)21-18(24)11-23-16-6-4-3-5-14(16)22-20(23)27/h3-9,15H,10-11H2,1-2H3,(H,21,24)(H,22,27)(H,25,26). The molecular weight excluding hydrogens is 378 g/mol. The van der Waals surface area contributed by atoms with Gasteiger partial charge in [0.15, 0.2) is 0 Å². The number of para-hydroxylation sites is 2. The fraction of sp³-hybridized carbons (Fsp3) is 0.250. The van der Waals surface area contributed by atoms with Crippen LogP contribution in [0.1, 0.15) is 18.0 Å². The van der Waals surface area contributed by atoms with Gasteiger partial charge in [-0.05, 0) is 24.3 Å². The van der Waals surface area contributed by atoms with E-state index in [-0.39, 0.29) is 13.0 Å². The number of carbonyl (C=O) groups excluding carboxylic acids is 1. The molecule has 0 aliphatic rings. The lowest BCUT2D eigenvalue weighted by Crippen LogP contribution is -2.35. The lowest BCUT2D eigenvalue weighted by atomic mass is 10.0. The quantitative estimate of drug-likeness (QED) is 0.530. The first-order valence-electron chi connectivity index (χ1n) is 8.83. The molecule has 0 saturated carbocycles. The van der Waals surface area contributed by atoms with Crippen LogP contribution in [0.15, 0.2) is 47.3 Å². The van der Waals surface area contributed by atoms with Crippen molar-refractivity contribution in [3.63, 3.8) is 0 Å². The van der Waals surface area contributed by atoms with Gasteiger partial charge in [-0.15, -0.1) is 0 Å². The van der Waals surface area contributed by atoms with E-state index in [2.05, 4.69) is 10.3 Å². The monoisotopic (exact) mass is 399 g/mol. The van der Waals surface area contributed by atoms with Gasteiger partial charge in [0.25, 0.3) is 0 Å². The first-order chi connectivity index (χ1) is 13.9. The number of amides is 1. The van der Waals surface area contributed by atoms with E-state index in [1.165, 1.54) is 18.8 Å². The molecule has 0 saturated heterocycles. The smallest absolute Gasteiger partial charge is 0.326 e. The SMILES string of the molecule is COc1ccc(C(CC(=O)O)NC(=O)Cn2c(=O)[nH]c3ccccc32)c(OC)c1. The number of aromatic nitrogens is 2. The summed E-state index contributed by atoms with van der Waals surface area (Å²) < 4.78 is 11.8. The predicted molar refractivity (Wildman–Crippen MR) is 105 cm³/mol. The van der Waals surface area contributed by atoms with Crippen molar-refractivity contribution < 1.29 is 24.2 Å². The van der Waals surface area contributed by atoms with Crippen molar-refractivity contribution in [1.82, 2.24) is 14.9 Å². The van der Waals surface area contributed by atoms with Gasteiger partial charge in [0.05, 0.1) is 37.7 Å². The average molecular weight is 399 g/mol. The number of rotatable bonds is 8. The Morgan fingerprint density at radius 2 is 1.93 bits per heavy atom. The van der Waals surface area contributed by atoms with Crippen molar-refractivity contribution in [2.45, 2.75) is 19.0 Å². The van der Waals surface area contributed by atoms with Crippen LogP contribution >= 0.6 is 0 Å². The Balaban J connectivity index is 1.87. The molecule has 152 valence electrons. The van der Waals surface area contributed by atoms with Crippen molar-refractivity contribution in [2.24, 2.45) is 0 Å². The maximum Gasteiger partial charge on any atom is 0.326 e. The van der Waals surface area contributed by atoms with E-state index in [1.807, 2.05) is 0 Å². The van der Waals surface area contributed by atoms with Crippen LogP contribution in [0.5, 0.6) is 11.5 Å². The molecule has 1 amide bonds. The number of hydrogen-bond donors (Lipinski definition) is 3. The second-order valence-corrected chi connectivity index (χ2v) is 6.36. The maximum atomic E-state index is 12.7. The van der Waals surface area contributed by atoms with Crippen LogP contribution in [0, 0.1) is 0 Å². The number of nitrogens with zero attached hydrogens (tertiary/aromatic N) is 1. The number of benzene rings is 2. The van der Waals surface area contributed by atoms with Crippen molar-refractivity contribution in [1.29, 1.82) is 0 Å². The topological polar surface area (TPSA) is 123 Å². The first kappa shape index (κ1) is 20.0. The number of aromatic amines is 1. The lowest BCUT2D eigenvalue weighted by Gasteiger charge is -2.20. The normalized spacial score (nSPS) is 11.8. The van der Waals surface area contributed by atoms with Gasteiger partial charge in [0.2, 0.25) is 5.91 Å². The molecule has 0 aliphatic carbocycles. The highest BCUT2D eigenvalue weighted by molar-refractivity contribution is 5.81. The highest BCUT2D eigenvalue weighted by atomic mass is 16.5. The molecule has 0 radical (unpaired) electrons. The summed E-state index contributed by atoms with van der Waals surface area (Å²) in [6, 6.07) is 11.1. The third-order valence-corrected chi connectivity index (χ3v) is 4.51. The summed E-state index contributed by atoms with van der Waals surface area (Å²) in [5, 5.41) is 12.0. The molecule has 0 aliphatic heterocycles. The van der Waals surface area contributed by atoms with Crippen molar-refractivity contribution in [2.75, 3.05) is 14.2 Å². The first-order valence-corrected chi connectivity index (χ1v) is 8.83. The Labute approximate surface area is 165 Å². The number of fused-ring (bicyclic) bond motifs is 1. The summed E-state index contributed by atoms with van der Waals surface area (Å²) in [4.78, 5) is 38.9. The minimum Gasteiger partial charge on any atom is -0.497 e. The van der Waals surface area contributed by atoms with Crippen LogP contribution in [-0.4, -0.2) is 40.8 Å². The number of nitrogens with one attached hydrogen (secondary N) is 2. The van der Waals surface area contributed by atoms with E-state index in [1.54, 1.807) is 42.5 Å². The van der Waals surface area contributed by atoms with E-state index < -0.39 is 23.6 Å². The van der Waals surface area contributed by atoms with Crippen LogP contribution in [0.3, 0.4) is 0 Å². The van der Waals surface area contributed by atoms with Crippen molar-refractivity contribution in [3.05, 3.63) is 58.5 Å². The van der Waals surface area contributed by atoms with E-state index in [0.29, 0.717) is 28.1 Å². The fourth-order valence-electron chi connectivity index (χ4n) is 3.17. The molecule has 1 heterocycles. The highest BCUT2D eigenvalue weighted by Gasteiger charge is 2.23.